The molecular formula is C25H23Cl2N3O. The quantitative estimate of drug-likeness (QED) is 0.585. The maximum Gasteiger partial charge on any atom is 0.162 e. The number of Topliss-reactive ketones (excluding diaryl/α,β-unsaturated/α-hetero) is 1. The summed E-state index contributed by atoms with van der Waals surface area (Å²) >= 11 is 12.5. The fourth-order valence-electron chi connectivity index (χ4n) is 4.61. The number of benzene rings is 2. The molecule has 4 rings (SSSR count). The highest BCUT2D eigenvalue weighted by Gasteiger charge is 2.44. The van der Waals surface area contributed by atoms with Gasteiger partial charge in [-0.1, -0.05) is 55.2 Å². The van der Waals surface area contributed by atoms with E-state index in [9.17, 15) is 10.1 Å². The second-order valence-corrected chi connectivity index (χ2v) is 9.76. The smallest absolute Gasteiger partial charge is 0.162 e. The molecule has 1 heterocycles. The molecule has 0 unspecified atom stereocenters. The summed E-state index contributed by atoms with van der Waals surface area (Å²) in [6.07, 6.45) is 1.07. The van der Waals surface area contributed by atoms with E-state index in [2.05, 4.69) is 19.9 Å². The average Bonchev–Trinajstić information content (AvgIpc) is 2.70. The molecule has 4 nitrogen and oxygen atoms in total. The Labute approximate surface area is 192 Å². The zero-order valence-electron chi connectivity index (χ0n) is 17.7. The SMILES string of the molecule is Cc1c(Cl)cccc1N1C(N)=C(C#N)[C@@H](c2ccc(Cl)cc2)C2=C1CC(C)(C)CC2=O. The van der Waals surface area contributed by atoms with Crippen molar-refractivity contribution in [2.24, 2.45) is 11.1 Å². The molecule has 0 radical (unpaired) electrons. The van der Waals surface area contributed by atoms with Gasteiger partial charge in [-0.3, -0.25) is 9.69 Å². The highest BCUT2D eigenvalue weighted by atomic mass is 35.5. The molecule has 1 aliphatic carbocycles. The molecule has 2 aliphatic rings. The van der Waals surface area contributed by atoms with Gasteiger partial charge in [-0.15, -0.1) is 0 Å². The lowest BCUT2D eigenvalue weighted by Crippen LogP contribution is -2.42. The summed E-state index contributed by atoms with van der Waals surface area (Å²) in [5.41, 5.74) is 10.7. The second kappa shape index (κ2) is 7.75. The average molecular weight is 452 g/mol. The lowest BCUT2D eigenvalue weighted by atomic mass is 9.68. The number of ketones is 1. The molecule has 2 aromatic carbocycles. The highest BCUT2D eigenvalue weighted by Crippen LogP contribution is 2.50. The standard InChI is InChI=1S/C25H23Cl2N3O/c1-14-18(27)5-4-6-19(14)30-20-11-25(2,3)12-21(31)23(20)22(17(13-28)24(30)29)15-7-9-16(26)10-8-15/h4-10,22H,11-12,29H2,1-3H3/t22-/m1/s1. The van der Waals surface area contributed by atoms with Crippen molar-refractivity contribution in [3.63, 3.8) is 0 Å². The zero-order valence-corrected chi connectivity index (χ0v) is 19.2. The third-order valence-electron chi connectivity index (χ3n) is 6.06. The molecule has 1 atom stereocenters. The summed E-state index contributed by atoms with van der Waals surface area (Å²) in [5.74, 6) is -0.148. The van der Waals surface area contributed by atoms with Gasteiger partial charge >= 0.3 is 0 Å². The van der Waals surface area contributed by atoms with Crippen LogP contribution in [0.4, 0.5) is 5.69 Å². The van der Waals surface area contributed by atoms with Gasteiger partial charge in [-0.25, -0.2) is 0 Å². The Balaban J connectivity index is 2.03. The zero-order chi connectivity index (χ0) is 22.5. The van der Waals surface area contributed by atoms with Crippen LogP contribution in [0.3, 0.4) is 0 Å². The molecule has 0 bridgehead atoms. The van der Waals surface area contributed by atoms with Gasteiger partial charge in [-0.05, 0) is 54.2 Å². The number of halogens is 2. The fraction of sp³-hybridized carbons (Fsp3) is 0.280. The molecule has 2 aromatic rings. The lowest BCUT2D eigenvalue weighted by Gasteiger charge is -2.44. The summed E-state index contributed by atoms with van der Waals surface area (Å²) < 4.78 is 0. The number of rotatable bonds is 2. The van der Waals surface area contributed by atoms with Crippen LogP contribution in [0.1, 0.15) is 43.7 Å². The Bertz CT molecular complexity index is 1190. The molecular weight excluding hydrogens is 429 g/mol. The van der Waals surface area contributed by atoms with Gasteiger partial charge < -0.3 is 5.73 Å². The van der Waals surface area contributed by atoms with Crippen molar-refractivity contribution >= 4 is 34.7 Å². The second-order valence-electron chi connectivity index (χ2n) is 8.92. The minimum absolute atomic E-state index is 0.0381. The van der Waals surface area contributed by atoms with E-state index < -0.39 is 5.92 Å². The number of allylic oxidation sites excluding steroid dienone is 3. The monoisotopic (exact) mass is 451 g/mol. The number of nitrogens with zero attached hydrogens (tertiary/aromatic N) is 2. The molecule has 6 heteroatoms. The van der Waals surface area contributed by atoms with E-state index in [4.69, 9.17) is 28.9 Å². The molecule has 0 saturated carbocycles. The first-order valence-corrected chi connectivity index (χ1v) is 10.9. The first kappa shape index (κ1) is 21.5. The summed E-state index contributed by atoms with van der Waals surface area (Å²) in [6, 6.07) is 15.1. The maximum absolute atomic E-state index is 13.5. The molecule has 0 fully saturated rings. The van der Waals surface area contributed by atoms with E-state index >= 15 is 0 Å². The van der Waals surface area contributed by atoms with Crippen molar-refractivity contribution in [2.45, 2.75) is 39.5 Å². The van der Waals surface area contributed by atoms with Gasteiger partial charge in [0.15, 0.2) is 5.78 Å². The van der Waals surface area contributed by atoms with Crippen LogP contribution in [0.2, 0.25) is 10.0 Å². The molecule has 0 spiro atoms. The number of anilines is 1. The number of nitrogens with two attached hydrogens (primary N) is 1. The minimum Gasteiger partial charge on any atom is -0.384 e. The van der Waals surface area contributed by atoms with E-state index in [0.29, 0.717) is 39.9 Å². The van der Waals surface area contributed by atoms with Gasteiger partial charge in [0.05, 0.1) is 23.2 Å². The first-order chi connectivity index (χ1) is 14.6. The van der Waals surface area contributed by atoms with Crippen molar-refractivity contribution in [1.82, 2.24) is 0 Å². The van der Waals surface area contributed by atoms with E-state index in [1.165, 1.54) is 0 Å². The summed E-state index contributed by atoms with van der Waals surface area (Å²) in [7, 11) is 0. The molecule has 1 aliphatic heterocycles. The van der Waals surface area contributed by atoms with Crippen molar-refractivity contribution in [2.75, 3.05) is 4.90 Å². The van der Waals surface area contributed by atoms with Crippen LogP contribution in [-0.4, -0.2) is 5.78 Å². The largest absolute Gasteiger partial charge is 0.384 e. The van der Waals surface area contributed by atoms with E-state index in [1.54, 1.807) is 12.1 Å². The fourth-order valence-corrected chi connectivity index (χ4v) is 4.91. The molecule has 158 valence electrons. The van der Waals surface area contributed by atoms with Crippen molar-refractivity contribution < 1.29 is 4.79 Å². The first-order valence-electron chi connectivity index (χ1n) is 10.1. The van der Waals surface area contributed by atoms with Gasteiger partial charge in [0.1, 0.15) is 5.82 Å². The lowest BCUT2D eigenvalue weighted by molar-refractivity contribution is -0.118. The Kier molecular flexibility index (Phi) is 5.37. The van der Waals surface area contributed by atoms with E-state index in [0.717, 1.165) is 22.5 Å². The van der Waals surface area contributed by atoms with Crippen molar-refractivity contribution in [3.05, 3.63) is 86.3 Å². The van der Waals surface area contributed by atoms with Crippen LogP contribution in [-0.2, 0) is 4.79 Å². The summed E-state index contributed by atoms with van der Waals surface area (Å²) in [5, 5.41) is 11.3. The normalized spacial score (nSPS) is 20.6. The molecule has 0 saturated heterocycles. The minimum atomic E-state index is -0.517. The predicted octanol–water partition coefficient (Wildman–Crippen LogP) is 6.24. The van der Waals surface area contributed by atoms with Gasteiger partial charge in [0.25, 0.3) is 0 Å². The van der Waals surface area contributed by atoms with Crippen LogP contribution in [0.5, 0.6) is 0 Å². The molecule has 31 heavy (non-hydrogen) atoms. The maximum atomic E-state index is 13.5. The van der Waals surface area contributed by atoms with Gasteiger partial charge in [0, 0.05) is 27.7 Å². The van der Waals surface area contributed by atoms with Crippen molar-refractivity contribution in [3.8, 4) is 6.07 Å². The Hall–Kier alpha value is -2.74. The molecule has 0 aromatic heterocycles. The van der Waals surface area contributed by atoms with Crippen LogP contribution in [0.15, 0.2) is 65.1 Å². The molecule has 2 N–H and O–H groups in total. The van der Waals surface area contributed by atoms with Crippen LogP contribution < -0.4 is 10.6 Å². The number of carbonyl (C=O) groups excluding carboxylic acids is 1. The number of hydrogen-bond donors (Lipinski definition) is 1. The number of nitriles is 1. The Morgan fingerprint density at radius 1 is 1.13 bits per heavy atom. The third kappa shape index (κ3) is 3.63. The third-order valence-corrected chi connectivity index (χ3v) is 6.73. The topological polar surface area (TPSA) is 70.1 Å². The van der Waals surface area contributed by atoms with Crippen LogP contribution >= 0.6 is 23.2 Å². The van der Waals surface area contributed by atoms with Crippen LogP contribution in [0, 0.1) is 23.7 Å². The van der Waals surface area contributed by atoms with Crippen molar-refractivity contribution in [1.29, 1.82) is 5.26 Å². The molecule has 0 amide bonds. The van der Waals surface area contributed by atoms with E-state index in [1.807, 2.05) is 42.2 Å². The van der Waals surface area contributed by atoms with Gasteiger partial charge in [-0.2, -0.15) is 5.26 Å². The van der Waals surface area contributed by atoms with Gasteiger partial charge in [0.2, 0.25) is 0 Å². The van der Waals surface area contributed by atoms with E-state index in [-0.39, 0.29) is 11.2 Å². The van der Waals surface area contributed by atoms with Crippen LogP contribution in [0.25, 0.3) is 0 Å². The Morgan fingerprint density at radius 2 is 1.81 bits per heavy atom. The highest BCUT2D eigenvalue weighted by molar-refractivity contribution is 6.31. The Morgan fingerprint density at radius 3 is 2.45 bits per heavy atom. The summed E-state index contributed by atoms with van der Waals surface area (Å²) in [6.45, 7) is 6.07. The number of hydrogen-bond acceptors (Lipinski definition) is 4. The summed E-state index contributed by atoms with van der Waals surface area (Å²) in [4.78, 5) is 15.3. The number of carbonyl (C=O) groups is 1. The predicted molar refractivity (Wildman–Crippen MR) is 125 cm³/mol.